The summed E-state index contributed by atoms with van der Waals surface area (Å²) < 4.78 is 43.5. The molecule has 0 radical (unpaired) electrons. The quantitative estimate of drug-likeness (QED) is 0.198. The Kier molecular flexibility index (Phi) is 10.6. The van der Waals surface area contributed by atoms with Crippen LogP contribution in [0.25, 0.3) is 6.08 Å². The summed E-state index contributed by atoms with van der Waals surface area (Å²) in [6, 6.07) is 8.97. The van der Waals surface area contributed by atoms with Crippen LogP contribution in [0.15, 0.2) is 42.5 Å². The summed E-state index contributed by atoms with van der Waals surface area (Å²) in [5, 5.41) is 8.82. The average Bonchev–Trinajstić information content (AvgIpc) is 2.76. The van der Waals surface area contributed by atoms with Crippen molar-refractivity contribution < 1.29 is 27.8 Å². The molecule has 1 N–H and O–H groups in total. The number of hydrogen-bond acceptors (Lipinski definition) is 4. The molecule has 1 aromatic carbocycles. The predicted molar refractivity (Wildman–Crippen MR) is 122 cm³/mol. The fraction of sp³-hybridized carbons (Fsp3) is 0.417. The van der Waals surface area contributed by atoms with Crippen LogP contribution in [-0.2, 0) is 23.1 Å². The number of alkyl halides is 3. The van der Waals surface area contributed by atoms with Crippen LogP contribution in [-0.4, -0.2) is 22.7 Å². The van der Waals surface area contributed by atoms with Gasteiger partial charge in [0.15, 0.2) is 0 Å². The van der Waals surface area contributed by atoms with Crippen molar-refractivity contribution in [3.05, 3.63) is 65.0 Å². The lowest BCUT2D eigenvalue weighted by Gasteiger charge is -2.10. The first-order chi connectivity index (χ1) is 15.3. The minimum Gasteiger partial charge on any atom is -0.491 e. The van der Waals surface area contributed by atoms with Gasteiger partial charge in [-0.3, -0.25) is 0 Å². The monoisotopic (exact) mass is 467 g/mol. The molecule has 0 atom stereocenters. The van der Waals surface area contributed by atoms with Gasteiger partial charge in [0.25, 0.3) is 0 Å². The average molecular weight is 468 g/mol. The standard InChI is InChI=1S/C24H28F3NO3S/c25-24(26,27)19-10-8-18(9-11-19)7-5-3-1-2-4-6-16-31-22-14-12-20(17-32)28-21(22)13-15-23(29)30/h8-15,32H,1-7,16-17H2,(H,29,30). The third kappa shape index (κ3) is 9.34. The van der Waals surface area contributed by atoms with Gasteiger partial charge >= 0.3 is 12.1 Å². The van der Waals surface area contributed by atoms with E-state index in [2.05, 4.69) is 17.6 Å². The Morgan fingerprint density at radius 3 is 2.28 bits per heavy atom. The Morgan fingerprint density at radius 2 is 1.66 bits per heavy atom. The molecule has 0 bridgehead atoms. The summed E-state index contributed by atoms with van der Waals surface area (Å²) in [7, 11) is 0. The number of nitrogens with zero attached hydrogens (tertiary/aromatic N) is 1. The lowest BCUT2D eigenvalue weighted by molar-refractivity contribution is -0.137. The Balaban J connectivity index is 1.62. The zero-order chi connectivity index (χ0) is 23.4. The maximum absolute atomic E-state index is 12.6. The van der Waals surface area contributed by atoms with Crippen molar-refractivity contribution >= 4 is 24.7 Å². The first-order valence-electron chi connectivity index (χ1n) is 10.6. The second-order valence-corrected chi connectivity index (χ2v) is 7.75. The fourth-order valence-corrected chi connectivity index (χ4v) is 3.34. The Hall–Kier alpha value is -2.48. The van der Waals surface area contributed by atoms with Crippen LogP contribution in [0.4, 0.5) is 13.2 Å². The highest BCUT2D eigenvalue weighted by Gasteiger charge is 2.29. The molecule has 0 fully saturated rings. The molecule has 2 aromatic rings. The molecular weight excluding hydrogens is 439 g/mol. The molecule has 0 amide bonds. The second-order valence-electron chi connectivity index (χ2n) is 7.43. The van der Waals surface area contributed by atoms with Crippen molar-refractivity contribution in [3.8, 4) is 5.75 Å². The van der Waals surface area contributed by atoms with Gasteiger partial charge in [-0.15, -0.1) is 0 Å². The van der Waals surface area contributed by atoms with Crippen LogP contribution < -0.4 is 4.74 Å². The highest BCUT2D eigenvalue weighted by molar-refractivity contribution is 7.79. The third-order valence-electron chi connectivity index (χ3n) is 4.89. The van der Waals surface area contributed by atoms with E-state index in [0.717, 1.165) is 74.4 Å². The Morgan fingerprint density at radius 1 is 1.00 bits per heavy atom. The predicted octanol–water partition coefficient (Wildman–Crippen LogP) is 6.59. The number of aromatic nitrogens is 1. The van der Waals surface area contributed by atoms with E-state index in [4.69, 9.17) is 9.84 Å². The molecule has 0 spiro atoms. The SMILES string of the molecule is O=C(O)C=Cc1nc(CS)ccc1OCCCCCCCCc1ccc(C(F)(F)F)cc1. The van der Waals surface area contributed by atoms with E-state index in [1.807, 2.05) is 0 Å². The van der Waals surface area contributed by atoms with E-state index in [1.54, 1.807) is 24.3 Å². The number of aliphatic carboxylic acids is 1. The zero-order valence-corrected chi connectivity index (χ0v) is 18.7. The first kappa shape index (κ1) is 25.8. The molecule has 0 aliphatic carbocycles. The maximum Gasteiger partial charge on any atom is 0.416 e. The van der Waals surface area contributed by atoms with Crippen molar-refractivity contribution in [2.75, 3.05) is 6.61 Å². The van der Waals surface area contributed by atoms with E-state index in [9.17, 15) is 18.0 Å². The molecule has 0 saturated carbocycles. The number of aryl methyl sites for hydroxylation is 1. The minimum atomic E-state index is -4.29. The molecule has 8 heteroatoms. The lowest BCUT2D eigenvalue weighted by Crippen LogP contribution is -2.04. The van der Waals surface area contributed by atoms with Crippen LogP contribution in [0.3, 0.4) is 0 Å². The molecule has 4 nitrogen and oxygen atoms in total. The maximum atomic E-state index is 12.6. The van der Waals surface area contributed by atoms with E-state index < -0.39 is 17.7 Å². The second kappa shape index (κ2) is 13.2. The van der Waals surface area contributed by atoms with Gasteiger partial charge in [0, 0.05) is 11.8 Å². The largest absolute Gasteiger partial charge is 0.491 e. The van der Waals surface area contributed by atoms with Crippen molar-refractivity contribution in [2.24, 2.45) is 0 Å². The highest BCUT2D eigenvalue weighted by Crippen LogP contribution is 2.29. The van der Waals surface area contributed by atoms with Gasteiger partial charge in [-0.25, -0.2) is 9.78 Å². The molecular formula is C24H28F3NO3S. The van der Waals surface area contributed by atoms with E-state index >= 15 is 0 Å². The zero-order valence-electron chi connectivity index (χ0n) is 17.8. The molecule has 0 aliphatic heterocycles. The van der Waals surface area contributed by atoms with E-state index in [0.29, 0.717) is 23.8 Å². The molecule has 174 valence electrons. The number of carboxylic acids is 1. The summed E-state index contributed by atoms with van der Waals surface area (Å²) in [5.41, 5.74) is 1.53. The minimum absolute atomic E-state index is 0.451. The molecule has 0 aliphatic rings. The number of rotatable bonds is 13. The fourth-order valence-electron chi connectivity index (χ4n) is 3.16. The van der Waals surface area contributed by atoms with Crippen LogP contribution in [0.2, 0.25) is 0 Å². The van der Waals surface area contributed by atoms with Crippen LogP contribution in [0, 0.1) is 0 Å². The molecule has 32 heavy (non-hydrogen) atoms. The van der Waals surface area contributed by atoms with Crippen LogP contribution in [0.1, 0.15) is 61.0 Å². The number of pyridine rings is 1. The Labute approximate surface area is 191 Å². The molecule has 0 unspecified atom stereocenters. The van der Waals surface area contributed by atoms with Gasteiger partial charge < -0.3 is 9.84 Å². The van der Waals surface area contributed by atoms with Crippen molar-refractivity contribution in [2.45, 2.75) is 56.9 Å². The van der Waals surface area contributed by atoms with Gasteiger partial charge in [-0.1, -0.05) is 37.8 Å². The normalized spacial score (nSPS) is 11.8. The smallest absolute Gasteiger partial charge is 0.416 e. The van der Waals surface area contributed by atoms with Gasteiger partial charge in [0.1, 0.15) is 11.4 Å². The number of benzene rings is 1. The number of thiol groups is 1. The van der Waals surface area contributed by atoms with Crippen molar-refractivity contribution in [3.63, 3.8) is 0 Å². The summed E-state index contributed by atoms with van der Waals surface area (Å²) in [6.07, 6.45) is 4.91. The van der Waals surface area contributed by atoms with Crippen molar-refractivity contribution in [1.82, 2.24) is 4.98 Å². The number of hydrogen-bond donors (Lipinski definition) is 2. The number of carbonyl (C=O) groups is 1. The van der Waals surface area contributed by atoms with Gasteiger partial charge in [-0.2, -0.15) is 25.8 Å². The molecule has 2 rings (SSSR count). The summed E-state index contributed by atoms with van der Waals surface area (Å²) in [6.45, 7) is 0.515. The molecule has 1 heterocycles. The topological polar surface area (TPSA) is 59.4 Å². The van der Waals surface area contributed by atoms with E-state index in [-0.39, 0.29) is 0 Å². The number of carboxylic acid groups (broad SMARTS) is 1. The summed E-state index contributed by atoms with van der Waals surface area (Å²) in [5.74, 6) is -0.0514. The Bertz CT molecular complexity index is 883. The first-order valence-corrected chi connectivity index (χ1v) is 11.2. The summed E-state index contributed by atoms with van der Waals surface area (Å²) in [4.78, 5) is 15.1. The molecule has 0 saturated heterocycles. The lowest BCUT2D eigenvalue weighted by atomic mass is 10.0. The summed E-state index contributed by atoms with van der Waals surface area (Å²) >= 11 is 4.18. The van der Waals surface area contributed by atoms with E-state index in [1.165, 1.54) is 6.08 Å². The number of halogens is 3. The highest BCUT2D eigenvalue weighted by atomic mass is 32.1. The van der Waals surface area contributed by atoms with Crippen LogP contribution >= 0.6 is 12.6 Å². The number of unbranched alkanes of at least 4 members (excludes halogenated alkanes) is 5. The molecule has 1 aromatic heterocycles. The van der Waals surface area contributed by atoms with Gasteiger partial charge in [0.05, 0.1) is 17.9 Å². The number of ether oxygens (including phenoxy) is 1. The van der Waals surface area contributed by atoms with Gasteiger partial charge in [-0.05, 0) is 55.2 Å². The van der Waals surface area contributed by atoms with Gasteiger partial charge in [0.2, 0.25) is 0 Å². The third-order valence-corrected chi connectivity index (χ3v) is 5.21. The van der Waals surface area contributed by atoms with Crippen molar-refractivity contribution in [1.29, 1.82) is 0 Å². The van der Waals surface area contributed by atoms with Crippen LogP contribution in [0.5, 0.6) is 5.75 Å².